The fraction of sp³-hybridized carbons (Fsp3) is 0.333. The molecule has 1 aliphatic heterocycles. The molecule has 0 N–H and O–H groups in total. The Morgan fingerprint density at radius 3 is 2.32 bits per heavy atom. The summed E-state index contributed by atoms with van der Waals surface area (Å²) in [4.78, 5) is 17.6. The minimum atomic E-state index is -3.56. The highest BCUT2D eigenvalue weighted by Gasteiger charge is 2.25. The number of benzene rings is 2. The first kappa shape index (κ1) is 22.5. The van der Waals surface area contributed by atoms with Gasteiger partial charge in [0.2, 0.25) is 10.0 Å². The second-order valence-electron chi connectivity index (χ2n) is 7.44. The number of hydrogen-bond acceptors (Lipinski definition) is 4. The number of fused-ring (bicyclic) bond motifs is 1. The highest BCUT2D eigenvalue weighted by Crippen LogP contribution is 2.29. The number of nitrogens with zero attached hydrogens (tertiary/aromatic N) is 3. The number of carbonyl (C=O) groups is 1. The molecule has 0 saturated carbocycles. The Bertz CT molecular complexity index is 1300. The number of thiazole rings is 1. The van der Waals surface area contributed by atoms with Crippen molar-refractivity contribution in [2.45, 2.75) is 30.6 Å². The van der Waals surface area contributed by atoms with Crippen molar-refractivity contribution >= 4 is 60.7 Å². The van der Waals surface area contributed by atoms with Crippen molar-refractivity contribution in [1.82, 2.24) is 8.87 Å². The van der Waals surface area contributed by atoms with Gasteiger partial charge < -0.3 is 4.57 Å². The van der Waals surface area contributed by atoms with Crippen LogP contribution in [-0.4, -0.2) is 36.3 Å². The molecule has 2 aromatic carbocycles. The fourth-order valence-corrected chi connectivity index (χ4v) is 7.00. The summed E-state index contributed by atoms with van der Waals surface area (Å²) in [5.74, 6) is -0.455. The Morgan fingerprint density at radius 1 is 1.03 bits per heavy atom. The molecular formula is C21H21Cl2N3O3S2. The third-order valence-corrected chi connectivity index (χ3v) is 8.82. The van der Waals surface area contributed by atoms with Gasteiger partial charge in [-0.1, -0.05) is 47.4 Å². The zero-order valence-electron chi connectivity index (χ0n) is 16.8. The zero-order chi connectivity index (χ0) is 22.2. The summed E-state index contributed by atoms with van der Waals surface area (Å²) in [5, 5.41) is 0.997. The van der Waals surface area contributed by atoms with E-state index in [4.69, 9.17) is 23.2 Å². The molecule has 0 atom stereocenters. The Kier molecular flexibility index (Phi) is 6.55. The van der Waals surface area contributed by atoms with Crippen molar-refractivity contribution < 1.29 is 13.2 Å². The van der Waals surface area contributed by atoms with E-state index < -0.39 is 15.9 Å². The minimum Gasteiger partial charge on any atom is -0.318 e. The van der Waals surface area contributed by atoms with E-state index in [2.05, 4.69) is 4.99 Å². The van der Waals surface area contributed by atoms with E-state index in [1.54, 1.807) is 23.7 Å². The molecule has 0 unspecified atom stereocenters. The van der Waals surface area contributed by atoms with Crippen LogP contribution in [0.4, 0.5) is 0 Å². The van der Waals surface area contributed by atoms with E-state index >= 15 is 0 Å². The van der Waals surface area contributed by atoms with E-state index in [1.165, 1.54) is 39.9 Å². The average molecular weight is 498 g/mol. The molecule has 1 aliphatic rings. The number of halogens is 2. The van der Waals surface area contributed by atoms with Gasteiger partial charge in [0.15, 0.2) is 4.80 Å². The van der Waals surface area contributed by atoms with Gasteiger partial charge in [0, 0.05) is 30.7 Å². The highest BCUT2D eigenvalue weighted by atomic mass is 35.5. The molecule has 0 aliphatic carbocycles. The Morgan fingerprint density at radius 2 is 1.68 bits per heavy atom. The summed E-state index contributed by atoms with van der Waals surface area (Å²) in [6, 6.07) is 9.39. The molecule has 2 heterocycles. The standard InChI is InChI=1S/C21H21Cl2N3O3S2/c1-25-19-17(23)12-15(22)13-18(19)30-21(25)24-20(27)14-6-8-16(9-7-14)31(28,29)26-10-4-2-3-5-11-26/h6-9,12-13H,2-5,10-11H2,1H3. The van der Waals surface area contributed by atoms with Crippen LogP contribution in [0, 0.1) is 0 Å². The van der Waals surface area contributed by atoms with Gasteiger partial charge in [-0.15, -0.1) is 0 Å². The lowest BCUT2D eigenvalue weighted by atomic mass is 10.2. The summed E-state index contributed by atoms with van der Waals surface area (Å²) >= 11 is 13.7. The van der Waals surface area contributed by atoms with Crippen molar-refractivity contribution in [2.75, 3.05) is 13.1 Å². The summed E-state index contributed by atoms with van der Waals surface area (Å²) < 4.78 is 29.9. The number of aromatic nitrogens is 1. The van der Waals surface area contributed by atoms with Gasteiger partial charge in [0.25, 0.3) is 5.91 Å². The topological polar surface area (TPSA) is 71.7 Å². The van der Waals surface area contributed by atoms with Gasteiger partial charge >= 0.3 is 0 Å². The van der Waals surface area contributed by atoms with Crippen LogP contribution in [0.15, 0.2) is 46.3 Å². The highest BCUT2D eigenvalue weighted by molar-refractivity contribution is 7.89. The van der Waals surface area contributed by atoms with Gasteiger partial charge in [-0.2, -0.15) is 9.30 Å². The minimum absolute atomic E-state index is 0.194. The predicted molar refractivity (Wildman–Crippen MR) is 124 cm³/mol. The Labute approximate surface area is 194 Å². The van der Waals surface area contributed by atoms with Crippen molar-refractivity contribution in [3.63, 3.8) is 0 Å². The van der Waals surface area contributed by atoms with Crippen LogP contribution in [0.2, 0.25) is 10.0 Å². The summed E-state index contributed by atoms with van der Waals surface area (Å²) in [6.45, 7) is 1.07. The molecule has 31 heavy (non-hydrogen) atoms. The molecule has 1 fully saturated rings. The van der Waals surface area contributed by atoms with Crippen LogP contribution in [-0.2, 0) is 17.1 Å². The van der Waals surface area contributed by atoms with E-state index in [0.29, 0.717) is 33.5 Å². The molecule has 0 bridgehead atoms. The van der Waals surface area contributed by atoms with Gasteiger partial charge in [0.1, 0.15) is 0 Å². The van der Waals surface area contributed by atoms with Gasteiger partial charge in [-0.3, -0.25) is 4.79 Å². The lowest BCUT2D eigenvalue weighted by Gasteiger charge is -2.19. The van der Waals surface area contributed by atoms with Crippen LogP contribution in [0.3, 0.4) is 0 Å². The maximum absolute atomic E-state index is 12.9. The molecule has 1 saturated heterocycles. The van der Waals surface area contributed by atoms with Gasteiger partial charge in [-0.05, 0) is 49.2 Å². The average Bonchev–Trinajstić information content (AvgIpc) is 2.90. The number of amides is 1. The molecule has 3 aromatic rings. The number of sulfonamides is 1. The maximum Gasteiger partial charge on any atom is 0.279 e. The van der Waals surface area contributed by atoms with Gasteiger partial charge in [-0.25, -0.2) is 8.42 Å². The predicted octanol–water partition coefficient (Wildman–Crippen LogP) is 4.85. The Hall–Kier alpha value is -1.71. The summed E-state index contributed by atoms with van der Waals surface area (Å²) in [5.41, 5.74) is 1.07. The third kappa shape index (κ3) is 4.59. The van der Waals surface area contributed by atoms with E-state index in [1.807, 2.05) is 0 Å². The van der Waals surface area contributed by atoms with E-state index in [-0.39, 0.29) is 4.90 Å². The first-order valence-corrected chi connectivity index (χ1v) is 12.9. The second-order valence-corrected chi connectivity index (χ2v) is 11.2. The first-order chi connectivity index (χ1) is 14.8. The molecule has 1 amide bonds. The molecular weight excluding hydrogens is 477 g/mol. The molecule has 164 valence electrons. The number of carbonyl (C=O) groups excluding carboxylic acids is 1. The van der Waals surface area contributed by atoms with Crippen molar-refractivity contribution in [2.24, 2.45) is 12.0 Å². The SMILES string of the molecule is Cn1c(=NC(=O)c2ccc(S(=O)(=O)N3CCCCCC3)cc2)sc2cc(Cl)cc(Cl)c21. The second kappa shape index (κ2) is 9.03. The number of hydrogen-bond donors (Lipinski definition) is 0. The van der Waals surface area contributed by atoms with Crippen molar-refractivity contribution in [1.29, 1.82) is 0 Å². The fourth-order valence-electron chi connectivity index (χ4n) is 3.66. The first-order valence-electron chi connectivity index (χ1n) is 9.91. The normalized spacial score (nSPS) is 16.5. The smallest absolute Gasteiger partial charge is 0.279 e. The molecule has 4 rings (SSSR count). The van der Waals surface area contributed by atoms with Crippen LogP contribution >= 0.6 is 34.5 Å². The molecule has 0 radical (unpaired) electrons. The molecule has 6 nitrogen and oxygen atoms in total. The lowest BCUT2D eigenvalue weighted by molar-refractivity contribution is 0.0998. The van der Waals surface area contributed by atoms with Gasteiger partial charge in [0.05, 0.1) is 20.1 Å². The monoisotopic (exact) mass is 497 g/mol. The zero-order valence-corrected chi connectivity index (χ0v) is 20.0. The third-order valence-electron chi connectivity index (χ3n) is 5.32. The Balaban J connectivity index is 1.63. The lowest BCUT2D eigenvalue weighted by Crippen LogP contribution is -2.31. The number of rotatable bonds is 3. The number of aryl methyl sites for hydroxylation is 1. The maximum atomic E-state index is 12.9. The van der Waals surface area contributed by atoms with Crippen LogP contribution in [0.25, 0.3) is 10.2 Å². The van der Waals surface area contributed by atoms with E-state index in [0.717, 1.165) is 35.9 Å². The summed E-state index contributed by atoms with van der Waals surface area (Å²) in [7, 11) is -1.78. The van der Waals surface area contributed by atoms with Crippen molar-refractivity contribution in [3.05, 3.63) is 56.8 Å². The summed E-state index contributed by atoms with van der Waals surface area (Å²) in [6.07, 6.45) is 3.84. The van der Waals surface area contributed by atoms with Crippen molar-refractivity contribution in [3.8, 4) is 0 Å². The van der Waals surface area contributed by atoms with E-state index in [9.17, 15) is 13.2 Å². The largest absolute Gasteiger partial charge is 0.318 e. The molecule has 10 heteroatoms. The van der Waals surface area contributed by atoms with Crippen LogP contribution < -0.4 is 4.80 Å². The quantitative estimate of drug-likeness (QED) is 0.518. The van der Waals surface area contributed by atoms with Crippen LogP contribution in [0.1, 0.15) is 36.0 Å². The van der Waals surface area contributed by atoms with Crippen LogP contribution in [0.5, 0.6) is 0 Å². The molecule has 1 aromatic heterocycles. The molecule has 0 spiro atoms.